The van der Waals surface area contributed by atoms with E-state index in [9.17, 15) is 0 Å². The molecule has 0 saturated carbocycles. The second-order valence-electron chi connectivity index (χ2n) is 7.02. The van der Waals surface area contributed by atoms with Gasteiger partial charge in [0.25, 0.3) is 0 Å². The van der Waals surface area contributed by atoms with Crippen LogP contribution in [0.25, 0.3) is 6.08 Å². The number of hydrogen-bond acceptors (Lipinski definition) is 4. The molecular weight excluding hydrogens is 392 g/mol. The molecule has 1 N–H and O–H groups in total. The molecule has 5 heteroatoms. The lowest BCUT2D eigenvalue weighted by atomic mass is 10.0. The van der Waals surface area contributed by atoms with Crippen molar-refractivity contribution in [2.75, 3.05) is 30.5 Å². The van der Waals surface area contributed by atoms with E-state index >= 15 is 0 Å². The van der Waals surface area contributed by atoms with Crippen molar-refractivity contribution in [1.82, 2.24) is 0 Å². The van der Waals surface area contributed by atoms with Crippen molar-refractivity contribution in [2.24, 2.45) is 10.1 Å². The summed E-state index contributed by atoms with van der Waals surface area (Å²) in [4.78, 5) is 6.97. The Morgan fingerprint density at radius 1 is 0.967 bits per heavy atom. The maximum absolute atomic E-state index is 6.16. The molecule has 2 aliphatic rings. The van der Waals surface area contributed by atoms with Gasteiger partial charge in [-0.05, 0) is 35.9 Å². The highest BCUT2D eigenvalue weighted by atomic mass is 35.5. The van der Waals surface area contributed by atoms with Crippen molar-refractivity contribution in [3.8, 4) is 0 Å². The average molecular weight is 415 g/mol. The molecule has 0 spiro atoms. The van der Waals surface area contributed by atoms with E-state index in [1.807, 2.05) is 66.7 Å². The van der Waals surface area contributed by atoms with Crippen LogP contribution in [-0.4, -0.2) is 32.1 Å². The molecular formula is C25H23ClN4. The number of anilines is 2. The first-order valence-electron chi connectivity index (χ1n) is 9.88. The zero-order valence-corrected chi connectivity index (χ0v) is 17.6. The van der Waals surface area contributed by atoms with Crippen LogP contribution in [0.5, 0.6) is 0 Å². The largest absolute Gasteiger partial charge is 0.372 e. The number of hydrazone groups is 1. The Bertz CT molecular complexity index is 1100. The molecule has 3 aromatic rings. The Hall–Kier alpha value is -3.37. The summed E-state index contributed by atoms with van der Waals surface area (Å²) in [6.45, 7) is 1.72. The average Bonchev–Trinajstić information content (AvgIpc) is 3.11. The lowest BCUT2D eigenvalue weighted by Crippen LogP contribution is -2.20. The van der Waals surface area contributed by atoms with Crippen molar-refractivity contribution in [1.29, 1.82) is 0 Å². The summed E-state index contributed by atoms with van der Waals surface area (Å²) < 4.78 is 0. The summed E-state index contributed by atoms with van der Waals surface area (Å²) in [6, 6.07) is 24.3. The minimum Gasteiger partial charge on any atom is -0.372 e. The Labute approximate surface area is 182 Å². The summed E-state index contributed by atoms with van der Waals surface area (Å²) >= 11 is 6.16. The third-order valence-electron chi connectivity index (χ3n) is 4.96. The zero-order valence-electron chi connectivity index (χ0n) is 16.8. The molecule has 150 valence electrons. The van der Waals surface area contributed by atoms with Crippen LogP contribution in [0.3, 0.4) is 0 Å². The van der Waals surface area contributed by atoms with Gasteiger partial charge in [0.2, 0.25) is 0 Å². The molecule has 0 atom stereocenters. The van der Waals surface area contributed by atoms with Crippen LogP contribution in [0.4, 0.5) is 11.4 Å². The van der Waals surface area contributed by atoms with Crippen LogP contribution in [-0.2, 0) is 0 Å². The van der Waals surface area contributed by atoms with E-state index in [0.717, 1.165) is 40.6 Å². The Balaban J connectivity index is 0.000000168. The molecule has 0 bridgehead atoms. The maximum Gasteiger partial charge on any atom is 0.0741 e. The predicted molar refractivity (Wildman–Crippen MR) is 129 cm³/mol. The second-order valence-corrected chi connectivity index (χ2v) is 7.45. The lowest BCUT2D eigenvalue weighted by molar-refractivity contribution is 0.896. The maximum atomic E-state index is 6.16. The number of nitrogens with zero attached hydrogens (tertiary/aromatic N) is 3. The molecule has 0 unspecified atom stereocenters. The number of aliphatic imine (C=N–C) groups is 1. The monoisotopic (exact) mass is 414 g/mol. The van der Waals surface area contributed by atoms with E-state index in [0.29, 0.717) is 0 Å². The third-order valence-corrected chi connectivity index (χ3v) is 5.19. The number of fused-ring (bicyclic) bond motifs is 2. The predicted octanol–water partition coefficient (Wildman–Crippen LogP) is 5.74. The normalized spacial score (nSPS) is 14.2. The van der Waals surface area contributed by atoms with Crippen LogP contribution in [0.1, 0.15) is 16.7 Å². The lowest BCUT2D eigenvalue weighted by Gasteiger charge is -2.19. The van der Waals surface area contributed by atoms with Gasteiger partial charge >= 0.3 is 0 Å². The van der Waals surface area contributed by atoms with E-state index in [-0.39, 0.29) is 0 Å². The fourth-order valence-electron chi connectivity index (χ4n) is 3.43. The summed E-state index contributed by atoms with van der Waals surface area (Å²) in [5.74, 6) is 0. The molecule has 5 rings (SSSR count). The highest BCUT2D eigenvalue weighted by Gasteiger charge is 2.17. The molecule has 0 saturated heterocycles. The van der Waals surface area contributed by atoms with Crippen LogP contribution in [0.15, 0.2) is 89.0 Å². The van der Waals surface area contributed by atoms with Gasteiger partial charge in [-0.25, -0.2) is 0 Å². The standard InChI is InChI=1S/C16H15ClN2.C9H8N2/c1-19-10-9-18-16(12-5-3-2-4-6-12)14-11-13(17)7-8-15(14)19;1-2-6-9-8(4-1)5-3-7-10-11-9/h2-8,11H,9-10H2,1H3;1-7,11H. The first-order chi connectivity index (χ1) is 14.7. The molecule has 0 radical (unpaired) electrons. The van der Waals surface area contributed by atoms with Gasteiger partial charge in [0.15, 0.2) is 0 Å². The highest BCUT2D eigenvalue weighted by molar-refractivity contribution is 6.31. The summed E-state index contributed by atoms with van der Waals surface area (Å²) in [5, 5.41) is 4.70. The van der Waals surface area contributed by atoms with Crippen LogP contribution in [0, 0.1) is 0 Å². The number of benzodiazepines with no additional fused rings is 1. The third kappa shape index (κ3) is 4.61. The van der Waals surface area contributed by atoms with Crippen molar-refractivity contribution in [3.63, 3.8) is 0 Å². The first-order valence-corrected chi connectivity index (χ1v) is 10.3. The fraction of sp³-hybridized carbons (Fsp3) is 0.120. The van der Waals surface area contributed by atoms with Crippen molar-refractivity contribution in [2.45, 2.75) is 0 Å². The molecule has 2 aliphatic heterocycles. The SMILES string of the molecule is C1=Cc2ccccc2NN=C1.CN1CCN=C(c2ccccc2)c2cc(Cl)ccc21. The minimum atomic E-state index is 0.748. The van der Waals surface area contributed by atoms with Gasteiger partial charge in [0.05, 0.1) is 17.9 Å². The van der Waals surface area contributed by atoms with Gasteiger partial charge in [0, 0.05) is 41.6 Å². The van der Waals surface area contributed by atoms with Gasteiger partial charge in [-0.3, -0.25) is 10.4 Å². The second kappa shape index (κ2) is 9.42. The van der Waals surface area contributed by atoms with E-state index in [1.165, 1.54) is 11.3 Å². The van der Waals surface area contributed by atoms with Crippen molar-refractivity contribution >= 4 is 41.0 Å². The number of para-hydroxylation sites is 1. The molecule has 2 heterocycles. The number of halogens is 1. The van der Waals surface area contributed by atoms with E-state index in [4.69, 9.17) is 16.6 Å². The smallest absolute Gasteiger partial charge is 0.0741 e. The quantitative estimate of drug-likeness (QED) is 0.551. The van der Waals surface area contributed by atoms with Gasteiger partial charge < -0.3 is 4.90 Å². The number of likely N-dealkylation sites (N-methyl/N-ethyl adjacent to an activating group) is 1. The van der Waals surface area contributed by atoms with Gasteiger partial charge in [-0.1, -0.05) is 66.2 Å². The van der Waals surface area contributed by atoms with Crippen LogP contribution in [0.2, 0.25) is 5.02 Å². The number of rotatable bonds is 1. The first kappa shape index (κ1) is 19.9. The molecule has 30 heavy (non-hydrogen) atoms. The molecule has 0 fully saturated rings. The van der Waals surface area contributed by atoms with Crippen LogP contribution >= 0.6 is 11.6 Å². The summed E-state index contributed by atoms with van der Waals surface area (Å²) in [6.07, 6.45) is 5.68. The van der Waals surface area contributed by atoms with E-state index in [1.54, 1.807) is 6.21 Å². The topological polar surface area (TPSA) is 40.0 Å². The number of allylic oxidation sites excluding steroid dienone is 1. The minimum absolute atomic E-state index is 0.748. The molecule has 0 aliphatic carbocycles. The van der Waals surface area contributed by atoms with Gasteiger partial charge in [-0.15, -0.1) is 0 Å². The van der Waals surface area contributed by atoms with Gasteiger partial charge in [-0.2, -0.15) is 5.10 Å². The number of benzene rings is 3. The van der Waals surface area contributed by atoms with Crippen molar-refractivity contribution < 1.29 is 0 Å². The number of hydrogen-bond donors (Lipinski definition) is 1. The summed E-state index contributed by atoms with van der Waals surface area (Å²) in [7, 11) is 2.09. The zero-order chi connectivity index (χ0) is 20.8. The summed E-state index contributed by atoms with van der Waals surface area (Å²) in [5.41, 5.74) is 9.62. The molecule has 0 amide bonds. The van der Waals surface area contributed by atoms with Crippen LogP contribution < -0.4 is 10.3 Å². The Morgan fingerprint density at radius 2 is 1.77 bits per heavy atom. The van der Waals surface area contributed by atoms with E-state index < -0.39 is 0 Å². The van der Waals surface area contributed by atoms with E-state index in [2.05, 4.69) is 40.7 Å². The fourth-order valence-corrected chi connectivity index (χ4v) is 3.60. The van der Waals surface area contributed by atoms with Gasteiger partial charge in [0.1, 0.15) is 0 Å². The Kier molecular flexibility index (Phi) is 6.26. The number of nitrogens with one attached hydrogen (secondary N) is 1. The molecule has 4 nitrogen and oxygen atoms in total. The Morgan fingerprint density at radius 3 is 2.63 bits per heavy atom. The highest BCUT2D eigenvalue weighted by Crippen LogP contribution is 2.28. The van der Waals surface area contributed by atoms with Crippen molar-refractivity contribution in [3.05, 3.63) is 101 Å². The molecule has 0 aromatic heterocycles. The molecule has 3 aromatic carbocycles.